The molecule has 6 nitrogen and oxygen atoms in total. The molecule has 0 unspecified atom stereocenters. The number of carbonyl (C=O) groups is 1. The van der Waals surface area contributed by atoms with Gasteiger partial charge in [-0.3, -0.25) is 20.2 Å². The van der Waals surface area contributed by atoms with Crippen molar-refractivity contribution in [1.29, 1.82) is 0 Å². The van der Waals surface area contributed by atoms with E-state index < -0.39 is 16.6 Å². The number of aromatic nitrogens is 1. The van der Waals surface area contributed by atoms with Gasteiger partial charge >= 0.3 is 5.00 Å². The third-order valence-corrected chi connectivity index (χ3v) is 3.55. The summed E-state index contributed by atoms with van der Waals surface area (Å²) in [4.78, 5) is 25.4. The van der Waals surface area contributed by atoms with Crippen LogP contribution in [0, 0.1) is 15.9 Å². The Morgan fingerprint density at radius 2 is 2.26 bits per heavy atom. The minimum absolute atomic E-state index is 0.108. The number of halogens is 2. The molecule has 0 atom stereocenters. The molecular formula is C10H5BrFN3O3S. The Kier molecular flexibility index (Phi) is 3.86. The molecule has 1 N–H and O–H groups in total. The Bertz CT molecular complexity index is 661. The van der Waals surface area contributed by atoms with Crippen molar-refractivity contribution in [3.8, 4) is 0 Å². The van der Waals surface area contributed by atoms with Crippen molar-refractivity contribution in [1.82, 2.24) is 4.98 Å². The van der Waals surface area contributed by atoms with Crippen LogP contribution in [0.2, 0.25) is 0 Å². The molecule has 0 radical (unpaired) electrons. The highest BCUT2D eigenvalue weighted by molar-refractivity contribution is 9.10. The lowest BCUT2D eigenvalue weighted by atomic mass is 10.2. The summed E-state index contributed by atoms with van der Waals surface area (Å²) in [5.41, 5.74) is 0.214. The molecule has 0 bridgehead atoms. The minimum atomic E-state index is -0.595. The fraction of sp³-hybridized carbons (Fsp3) is 0. The molecule has 1 heterocycles. The maximum absolute atomic E-state index is 13.0. The number of nitro groups is 1. The van der Waals surface area contributed by atoms with Crippen LogP contribution in [0.4, 0.5) is 14.5 Å². The van der Waals surface area contributed by atoms with Gasteiger partial charge in [-0.05, 0) is 45.5 Å². The average Bonchev–Trinajstić information content (AvgIpc) is 2.81. The van der Waals surface area contributed by atoms with E-state index in [4.69, 9.17) is 0 Å². The van der Waals surface area contributed by atoms with Crippen molar-refractivity contribution in [2.24, 2.45) is 0 Å². The van der Waals surface area contributed by atoms with Gasteiger partial charge in [-0.25, -0.2) is 9.37 Å². The van der Waals surface area contributed by atoms with Gasteiger partial charge in [0.05, 0.1) is 9.40 Å². The highest BCUT2D eigenvalue weighted by Crippen LogP contribution is 2.25. The van der Waals surface area contributed by atoms with Crippen LogP contribution in [0.3, 0.4) is 0 Å². The minimum Gasteiger partial charge on any atom is -0.298 e. The number of hydrogen-bond donors (Lipinski definition) is 1. The Morgan fingerprint density at radius 3 is 2.84 bits per heavy atom. The summed E-state index contributed by atoms with van der Waals surface area (Å²) < 4.78 is 13.2. The summed E-state index contributed by atoms with van der Waals surface area (Å²) in [6, 6.07) is 3.76. The molecular weight excluding hydrogens is 341 g/mol. The molecule has 9 heteroatoms. The quantitative estimate of drug-likeness (QED) is 0.683. The molecule has 0 saturated carbocycles. The molecule has 2 rings (SSSR count). The van der Waals surface area contributed by atoms with Crippen molar-refractivity contribution in [3.63, 3.8) is 0 Å². The van der Waals surface area contributed by atoms with Crippen LogP contribution in [0.15, 0.2) is 28.9 Å². The first kappa shape index (κ1) is 13.6. The number of hydrogen-bond acceptors (Lipinski definition) is 5. The molecule has 1 amide bonds. The molecule has 1 aromatic heterocycles. The van der Waals surface area contributed by atoms with Gasteiger partial charge in [0.2, 0.25) is 0 Å². The number of amides is 1. The lowest BCUT2D eigenvalue weighted by Gasteiger charge is -2.02. The smallest absolute Gasteiger partial charge is 0.298 e. The summed E-state index contributed by atoms with van der Waals surface area (Å²) in [5.74, 6) is -1.01. The highest BCUT2D eigenvalue weighted by Gasteiger charge is 2.15. The summed E-state index contributed by atoms with van der Waals surface area (Å²) >= 11 is 3.71. The number of rotatable bonds is 3. The second-order valence-corrected chi connectivity index (χ2v) is 5.21. The van der Waals surface area contributed by atoms with Gasteiger partial charge in [0.1, 0.15) is 12.0 Å². The van der Waals surface area contributed by atoms with Gasteiger partial charge in [-0.15, -0.1) is 0 Å². The summed E-state index contributed by atoms with van der Waals surface area (Å²) in [6.07, 6.45) is 1.06. The molecule has 0 fully saturated rings. The predicted molar refractivity (Wildman–Crippen MR) is 70.8 cm³/mol. The van der Waals surface area contributed by atoms with Crippen LogP contribution in [0.25, 0.3) is 0 Å². The molecule has 0 aliphatic rings. The van der Waals surface area contributed by atoms with E-state index in [9.17, 15) is 19.3 Å². The van der Waals surface area contributed by atoms with Crippen molar-refractivity contribution in [2.45, 2.75) is 0 Å². The van der Waals surface area contributed by atoms with Gasteiger partial charge in [0, 0.05) is 5.56 Å². The van der Waals surface area contributed by atoms with Crippen molar-refractivity contribution >= 4 is 43.3 Å². The molecule has 0 aliphatic carbocycles. The molecule has 19 heavy (non-hydrogen) atoms. The number of nitrogens with one attached hydrogen (secondary N) is 1. The average molecular weight is 346 g/mol. The van der Waals surface area contributed by atoms with Gasteiger partial charge in [-0.2, -0.15) is 0 Å². The zero-order chi connectivity index (χ0) is 14.0. The van der Waals surface area contributed by atoms with E-state index in [-0.39, 0.29) is 20.2 Å². The Balaban J connectivity index is 2.15. The van der Waals surface area contributed by atoms with Crippen molar-refractivity contribution in [2.75, 3.05) is 5.32 Å². The van der Waals surface area contributed by atoms with Crippen LogP contribution in [0.1, 0.15) is 10.4 Å². The third kappa shape index (κ3) is 3.12. The van der Waals surface area contributed by atoms with Gasteiger partial charge in [0.25, 0.3) is 5.91 Å². The second-order valence-electron chi connectivity index (χ2n) is 3.34. The molecule has 98 valence electrons. The zero-order valence-electron chi connectivity index (χ0n) is 9.09. The summed E-state index contributed by atoms with van der Waals surface area (Å²) in [7, 11) is 0. The first-order valence-electron chi connectivity index (χ1n) is 4.84. The second kappa shape index (κ2) is 5.41. The number of benzene rings is 1. The van der Waals surface area contributed by atoms with Crippen LogP contribution < -0.4 is 5.32 Å². The first-order chi connectivity index (χ1) is 8.97. The largest absolute Gasteiger partial charge is 0.345 e. The SMILES string of the molecule is O=C(Nc1ncc([N+](=O)[O-])s1)c1ccc(F)c(Br)c1. The van der Waals surface area contributed by atoms with Crippen molar-refractivity contribution < 1.29 is 14.1 Å². The third-order valence-electron chi connectivity index (χ3n) is 2.08. The van der Waals surface area contributed by atoms with E-state index in [0.29, 0.717) is 0 Å². The number of thiazole rings is 1. The topological polar surface area (TPSA) is 85.1 Å². The zero-order valence-corrected chi connectivity index (χ0v) is 11.5. The highest BCUT2D eigenvalue weighted by atomic mass is 79.9. The Labute approximate surface area is 118 Å². The van der Waals surface area contributed by atoms with E-state index in [1.807, 2.05) is 0 Å². The van der Waals surface area contributed by atoms with Gasteiger partial charge < -0.3 is 0 Å². The van der Waals surface area contributed by atoms with Gasteiger partial charge in [0.15, 0.2) is 5.13 Å². The summed E-state index contributed by atoms with van der Waals surface area (Å²) in [5, 5.41) is 12.8. The van der Waals surface area contributed by atoms with E-state index in [0.717, 1.165) is 23.6 Å². The van der Waals surface area contributed by atoms with Crippen molar-refractivity contribution in [3.05, 3.63) is 50.4 Å². The van der Waals surface area contributed by atoms with E-state index in [1.54, 1.807) is 0 Å². The number of nitrogens with zero attached hydrogens (tertiary/aromatic N) is 2. The molecule has 0 spiro atoms. The Morgan fingerprint density at radius 1 is 1.53 bits per heavy atom. The summed E-state index contributed by atoms with van der Waals surface area (Å²) in [6.45, 7) is 0. The van der Waals surface area contributed by atoms with Gasteiger partial charge in [-0.1, -0.05) is 0 Å². The Hall–Kier alpha value is -1.87. The number of anilines is 1. The van der Waals surface area contributed by atoms with E-state index in [1.165, 1.54) is 12.1 Å². The van der Waals surface area contributed by atoms with E-state index >= 15 is 0 Å². The van der Waals surface area contributed by atoms with Crippen LogP contribution in [-0.4, -0.2) is 15.8 Å². The standard InChI is InChI=1S/C10H5BrFN3O3S/c11-6-3-5(1-2-7(6)12)9(16)14-10-13-4-8(19-10)15(17)18/h1-4H,(H,13,14,16). The monoisotopic (exact) mass is 345 g/mol. The normalized spacial score (nSPS) is 10.2. The van der Waals surface area contributed by atoms with E-state index in [2.05, 4.69) is 26.2 Å². The number of carbonyl (C=O) groups excluding carboxylic acids is 1. The lowest BCUT2D eigenvalue weighted by molar-refractivity contribution is -0.380. The maximum atomic E-state index is 13.0. The lowest BCUT2D eigenvalue weighted by Crippen LogP contribution is -2.11. The fourth-order valence-corrected chi connectivity index (χ4v) is 2.22. The predicted octanol–water partition coefficient (Wildman–Crippen LogP) is 3.21. The molecule has 1 aromatic carbocycles. The molecule has 0 aliphatic heterocycles. The van der Waals surface area contributed by atoms with Crippen LogP contribution in [0.5, 0.6) is 0 Å². The van der Waals surface area contributed by atoms with Crippen LogP contribution in [-0.2, 0) is 0 Å². The first-order valence-corrected chi connectivity index (χ1v) is 6.45. The fourth-order valence-electron chi connectivity index (χ4n) is 1.21. The maximum Gasteiger partial charge on any atom is 0.345 e. The molecule has 0 saturated heterocycles. The van der Waals surface area contributed by atoms with Crippen LogP contribution >= 0.6 is 27.3 Å². The molecule has 2 aromatic rings.